The lowest BCUT2D eigenvalue weighted by Gasteiger charge is -2.19. The van der Waals surface area contributed by atoms with E-state index in [-0.39, 0.29) is 11.9 Å². The van der Waals surface area contributed by atoms with E-state index in [4.69, 9.17) is 5.11 Å². The summed E-state index contributed by atoms with van der Waals surface area (Å²) in [5.41, 5.74) is 1.28. The molecular formula is C13H17F3N2O2. The van der Waals surface area contributed by atoms with Crippen molar-refractivity contribution in [1.29, 1.82) is 0 Å². The summed E-state index contributed by atoms with van der Waals surface area (Å²) < 4.78 is 36.5. The molecule has 1 amide bonds. The quantitative estimate of drug-likeness (QED) is 0.779. The molecule has 4 nitrogen and oxygen atoms in total. The summed E-state index contributed by atoms with van der Waals surface area (Å²) in [6.45, 7) is 2.46. The van der Waals surface area contributed by atoms with Gasteiger partial charge >= 0.3 is 6.18 Å². The first-order chi connectivity index (χ1) is 9.20. The highest BCUT2D eigenvalue weighted by Gasteiger charge is 2.37. The molecule has 0 radical (unpaired) electrons. The van der Waals surface area contributed by atoms with Gasteiger partial charge in [-0.3, -0.25) is 4.79 Å². The number of nitrogens with one attached hydrogen (secondary N) is 2. The average molecular weight is 290 g/mol. The minimum absolute atomic E-state index is 0.227. The number of benzene rings is 1. The summed E-state index contributed by atoms with van der Waals surface area (Å²) in [5, 5.41) is 14.1. The zero-order chi connectivity index (χ0) is 15.3. The largest absolute Gasteiger partial charge is 0.415 e. The van der Waals surface area contributed by atoms with Gasteiger partial charge in [0.15, 0.2) is 6.10 Å². The fraction of sp³-hybridized carbons (Fsp3) is 0.462. The highest BCUT2D eigenvalue weighted by molar-refractivity contribution is 5.88. The van der Waals surface area contributed by atoms with Gasteiger partial charge in [-0.05, 0) is 24.6 Å². The predicted molar refractivity (Wildman–Crippen MR) is 69.2 cm³/mol. The van der Waals surface area contributed by atoms with Crippen LogP contribution in [-0.4, -0.2) is 29.8 Å². The van der Waals surface area contributed by atoms with Crippen molar-refractivity contribution < 1.29 is 23.1 Å². The van der Waals surface area contributed by atoms with Gasteiger partial charge < -0.3 is 15.7 Å². The molecule has 0 aliphatic carbocycles. The summed E-state index contributed by atoms with van der Waals surface area (Å²) in [5.74, 6) is -0.227. The Labute approximate surface area is 115 Å². The second-order valence-corrected chi connectivity index (χ2v) is 4.49. The van der Waals surface area contributed by atoms with Crippen LogP contribution < -0.4 is 10.6 Å². The molecule has 0 heterocycles. The van der Waals surface area contributed by atoms with Gasteiger partial charge in [-0.25, -0.2) is 0 Å². The topological polar surface area (TPSA) is 61.4 Å². The summed E-state index contributed by atoms with van der Waals surface area (Å²) in [4.78, 5) is 10.9. The van der Waals surface area contributed by atoms with E-state index in [1.165, 1.54) is 6.92 Å². The highest BCUT2D eigenvalue weighted by Crippen LogP contribution is 2.21. The second-order valence-electron chi connectivity index (χ2n) is 4.49. The maximum atomic E-state index is 12.2. The standard InChI is InChI=1S/C13H17F3N2O2/c1-8(17-7-12(20)13(14,15)16)10-4-3-5-11(6-10)18-9(2)19/h3-6,8,12,17,20H,7H2,1-2H3,(H,18,19). The molecule has 1 aromatic carbocycles. The van der Waals surface area contributed by atoms with Crippen molar-refractivity contribution in [3.05, 3.63) is 29.8 Å². The molecule has 0 bridgehead atoms. The van der Waals surface area contributed by atoms with Gasteiger partial charge in [0.2, 0.25) is 5.91 Å². The molecule has 1 aromatic rings. The number of alkyl halides is 3. The second kappa shape index (κ2) is 6.71. The molecule has 0 aromatic heterocycles. The SMILES string of the molecule is CC(=O)Nc1cccc(C(C)NCC(O)C(F)(F)F)c1. The number of halogens is 3. The predicted octanol–water partition coefficient (Wildman–Crippen LogP) is 2.22. The fourth-order valence-electron chi connectivity index (χ4n) is 1.61. The van der Waals surface area contributed by atoms with Crippen LogP contribution in [0.5, 0.6) is 0 Å². The van der Waals surface area contributed by atoms with Crippen LogP contribution >= 0.6 is 0 Å². The van der Waals surface area contributed by atoms with Crippen molar-refractivity contribution in [1.82, 2.24) is 5.32 Å². The minimum atomic E-state index is -4.63. The third-order valence-corrected chi connectivity index (χ3v) is 2.70. The van der Waals surface area contributed by atoms with Gasteiger partial charge in [0.05, 0.1) is 0 Å². The molecular weight excluding hydrogens is 273 g/mol. The van der Waals surface area contributed by atoms with Crippen LogP contribution in [0.2, 0.25) is 0 Å². The number of rotatable bonds is 5. The van der Waals surface area contributed by atoms with Crippen LogP contribution in [0.1, 0.15) is 25.5 Å². The Morgan fingerprint density at radius 2 is 2.05 bits per heavy atom. The van der Waals surface area contributed by atoms with E-state index in [1.807, 2.05) is 0 Å². The zero-order valence-corrected chi connectivity index (χ0v) is 11.2. The van der Waals surface area contributed by atoms with Gasteiger partial charge in [-0.15, -0.1) is 0 Å². The van der Waals surface area contributed by atoms with Crippen LogP contribution in [0.4, 0.5) is 18.9 Å². The molecule has 0 fully saturated rings. The van der Waals surface area contributed by atoms with Crippen LogP contribution in [0.3, 0.4) is 0 Å². The molecule has 112 valence electrons. The molecule has 2 unspecified atom stereocenters. The molecule has 7 heteroatoms. The lowest BCUT2D eigenvalue weighted by Crippen LogP contribution is -2.39. The normalized spacial score (nSPS) is 14.7. The monoisotopic (exact) mass is 290 g/mol. The van der Waals surface area contributed by atoms with Gasteiger partial charge in [0.25, 0.3) is 0 Å². The van der Waals surface area contributed by atoms with E-state index in [0.29, 0.717) is 11.3 Å². The van der Waals surface area contributed by atoms with Gasteiger partial charge in [-0.1, -0.05) is 12.1 Å². The van der Waals surface area contributed by atoms with E-state index in [1.54, 1.807) is 31.2 Å². The Kier molecular flexibility index (Phi) is 5.52. The molecule has 3 N–H and O–H groups in total. The average Bonchev–Trinajstić information content (AvgIpc) is 2.33. The van der Waals surface area contributed by atoms with E-state index in [2.05, 4.69) is 10.6 Å². The van der Waals surface area contributed by atoms with E-state index >= 15 is 0 Å². The number of hydrogen-bond donors (Lipinski definition) is 3. The molecule has 0 saturated carbocycles. The van der Waals surface area contributed by atoms with Crippen molar-refractivity contribution >= 4 is 11.6 Å². The van der Waals surface area contributed by atoms with Crippen LogP contribution in [0, 0.1) is 0 Å². The highest BCUT2D eigenvalue weighted by atomic mass is 19.4. The number of anilines is 1. The van der Waals surface area contributed by atoms with Crippen molar-refractivity contribution in [2.24, 2.45) is 0 Å². The summed E-state index contributed by atoms with van der Waals surface area (Å²) >= 11 is 0. The Hall–Kier alpha value is -1.60. The lowest BCUT2D eigenvalue weighted by atomic mass is 10.1. The van der Waals surface area contributed by atoms with Crippen molar-refractivity contribution in [3.8, 4) is 0 Å². The first-order valence-corrected chi connectivity index (χ1v) is 6.06. The van der Waals surface area contributed by atoms with E-state index < -0.39 is 18.8 Å². The lowest BCUT2D eigenvalue weighted by molar-refractivity contribution is -0.202. The van der Waals surface area contributed by atoms with Gasteiger partial charge in [0.1, 0.15) is 0 Å². The Bertz CT molecular complexity index is 463. The first-order valence-electron chi connectivity index (χ1n) is 6.06. The molecule has 20 heavy (non-hydrogen) atoms. The molecule has 0 spiro atoms. The minimum Gasteiger partial charge on any atom is -0.382 e. The third-order valence-electron chi connectivity index (χ3n) is 2.70. The molecule has 0 saturated heterocycles. The number of amides is 1. The summed E-state index contributed by atoms with van der Waals surface area (Å²) in [6.07, 6.45) is -7.03. The smallest absolute Gasteiger partial charge is 0.382 e. The van der Waals surface area contributed by atoms with Gasteiger partial charge in [-0.2, -0.15) is 13.2 Å². The maximum Gasteiger partial charge on any atom is 0.415 e. The number of carbonyl (C=O) groups excluding carboxylic acids is 1. The number of carbonyl (C=O) groups is 1. The molecule has 0 aliphatic rings. The Morgan fingerprint density at radius 1 is 1.40 bits per heavy atom. The fourth-order valence-corrected chi connectivity index (χ4v) is 1.61. The molecule has 0 aliphatic heterocycles. The van der Waals surface area contributed by atoms with Crippen LogP contribution in [0.15, 0.2) is 24.3 Å². The van der Waals surface area contributed by atoms with Crippen molar-refractivity contribution in [2.75, 3.05) is 11.9 Å². The van der Waals surface area contributed by atoms with Crippen molar-refractivity contribution in [3.63, 3.8) is 0 Å². The summed E-state index contributed by atoms with van der Waals surface area (Å²) in [7, 11) is 0. The third kappa shape index (κ3) is 5.18. The molecule has 2 atom stereocenters. The summed E-state index contributed by atoms with van der Waals surface area (Å²) in [6, 6.07) is 6.38. The van der Waals surface area contributed by atoms with E-state index in [0.717, 1.165) is 0 Å². The first kappa shape index (κ1) is 16.5. The number of hydrogen-bond acceptors (Lipinski definition) is 3. The van der Waals surface area contributed by atoms with E-state index in [9.17, 15) is 18.0 Å². The Morgan fingerprint density at radius 3 is 2.60 bits per heavy atom. The number of aliphatic hydroxyl groups is 1. The van der Waals surface area contributed by atoms with Crippen LogP contribution in [-0.2, 0) is 4.79 Å². The maximum absolute atomic E-state index is 12.2. The zero-order valence-electron chi connectivity index (χ0n) is 11.2. The number of aliphatic hydroxyl groups excluding tert-OH is 1. The molecule has 1 rings (SSSR count). The Balaban J connectivity index is 2.63. The van der Waals surface area contributed by atoms with Crippen molar-refractivity contribution in [2.45, 2.75) is 32.2 Å². The van der Waals surface area contributed by atoms with Gasteiger partial charge in [0, 0.05) is 25.2 Å². The van der Waals surface area contributed by atoms with Crippen LogP contribution in [0.25, 0.3) is 0 Å².